The third kappa shape index (κ3) is 5.01. The molecule has 0 aliphatic rings. The Morgan fingerprint density at radius 2 is 2.00 bits per heavy atom. The van der Waals surface area contributed by atoms with E-state index in [1.807, 2.05) is 19.9 Å². The number of hydrogen-bond donors (Lipinski definition) is 0. The van der Waals surface area contributed by atoms with Crippen molar-refractivity contribution in [3.05, 3.63) is 47.5 Å². The highest BCUT2D eigenvalue weighted by Gasteiger charge is 2.26. The van der Waals surface area contributed by atoms with E-state index in [1.54, 1.807) is 31.2 Å². The van der Waals surface area contributed by atoms with Gasteiger partial charge in [0.15, 0.2) is 5.60 Å². The zero-order valence-corrected chi connectivity index (χ0v) is 11.8. The van der Waals surface area contributed by atoms with Crippen molar-refractivity contribution in [3.8, 4) is 12.3 Å². The van der Waals surface area contributed by atoms with Crippen molar-refractivity contribution in [1.29, 1.82) is 0 Å². The number of terminal acetylenes is 1. The van der Waals surface area contributed by atoms with E-state index in [9.17, 15) is 4.79 Å². The molecule has 1 aromatic carbocycles. The lowest BCUT2D eigenvalue weighted by Crippen LogP contribution is -2.29. The maximum atomic E-state index is 12.0. The number of carbonyl (C=O) groups excluding carboxylic acids is 1. The lowest BCUT2D eigenvalue weighted by Gasteiger charge is -2.23. The molecule has 0 fully saturated rings. The molecule has 1 aromatic rings. The fourth-order valence-corrected chi connectivity index (χ4v) is 1.63. The van der Waals surface area contributed by atoms with Crippen LogP contribution in [0.2, 0.25) is 0 Å². The smallest absolute Gasteiger partial charge is 0.339 e. The molecule has 0 saturated carbocycles. The highest BCUT2D eigenvalue weighted by Crippen LogP contribution is 2.20. The van der Waals surface area contributed by atoms with E-state index in [1.165, 1.54) is 5.57 Å². The average Bonchev–Trinajstić information content (AvgIpc) is 2.39. The standard InChI is InChI=1S/C17H20O2/c1-5-17(4,13-9-10-14(2)3)19-16(18)15-11-7-6-8-12-15/h1,6-8,10-12H,9,13H2,2-4H3. The molecular formula is C17H20O2. The molecular weight excluding hydrogens is 236 g/mol. The summed E-state index contributed by atoms with van der Waals surface area (Å²) in [4.78, 5) is 12.0. The second-order valence-corrected chi connectivity index (χ2v) is 4.95. The molecule has 0 amide bonds. The largest absolute Gasteiger partial charge is 0.443 e. The molecule has 100 valence electrons. The van der Waals surface area contributed by atoms with Gasteiger partial charge in [-0.3, -0.25) is 0 Å². The predicted octanol–water partition coefficient (Wildman–Crippen LogP) is 3.98. The Bertz CT molecular complexity index is 490. The Morgan fingerprint density at radius 3 is 2.53 bits per heavy atom. The molecule has 19 heavy (non-hydrogen) atoms. The second kappa shape index (κ2) is 6.80. The summed E-state index contributed by atoms with van der Waals surface area (Å²) in [6.45, 7) is 5.83. The van der Waals surface area contributed by atoms with E-state index in [2.05, 4.69) is 12.0 Å². The second-order valence-electron chi connectivity index (χ2n) is 4.95. The van der Waals surface area contributed by atoms with Crippen LogP contribution in [-0.4, -0.2) is 11.6 Å². The Morgan fingerprint density at radius 1 is 1.37 bits per heavy atom. The third-order valence-corrected chi connectivity index (χ3v) is 2.81. The summed E-state index contributed by atoms with van der Waals surface area (Å²) >= 11 is 0. The van der Waals surface area contributed by atoms with Gasteiger partial charge in [-0.05, 0) is 39.3 Å². The van der Waals surface area contributed by atoms with Gasteiger partial charge in [0.2, 0.25) is 0 Å². The van der Waals surface area contributed by atoms with Crippen molar-refractivity contribution >= 4 is 5.97 Å². The Labute approximate surface area is 115 Å². The normalized spacial score (nSPS) is 12.9. The molecule has 1 rings (SSSR count). The van der Waals surface area contributed by atoms with Crippen LogP contribution >= 0.6 is 0 Å². The first-order chi connectivity index (χ1) is 8.97. The maximum absolute atomic E-state index is 12.0. The maximum Gasteiger partial charge on any atom is 0.339 e. The molecule has 1 unspecified atom stereocenters. The minimum Gasteiger partial charge on any atom is -0.443 e. The van der Waals surface area contributed by atoms with Crippen molar-refractivity contribution in [1.82, 2.24) is 0 Å². The first-order valence-corrected chi connectivity index (χ1v) is 6.36. The fourth-order valence-electron chi connectivity index (χ4n) is 1.63. The number of hydrogen-bond acceptors (Lipinski definition) is 2. The van der Waals surface area contributed by atoms with Gasteiger partial charge in [0.25, 0.3) is 0 Å². The number of carbonyl (C=O) groups is 1. The molecule has 0 aromatic heterocycles. The molecule has 0 heterocycles. The van der Waals surface area contributed by atoms with Crippen molar-refractivity contribution in [3.63, 3.8) is 0 Å². The van der Waals surface area contributed by atoms with E-state index >= 15 is 0 Å². The molecule has 0 N–H and O–H groups in total. The minimum absolute atomic E-state index is 0.377. The van der Waals surface area contributed by atoms with Gasteiger partial charge in [-0.1, -0.05) is 35.8 Å². The van der Waals surface area contributed by atoms with Gasteiger partial charge in [0.05, 0.1) is 5.56 Å². The van der Waals surface area contributed by atoms with Crippen molar-refractivity contribution in [2.45, 2.75) is 39.2 Å². The zero-order valence-electron chi connectivity index (χ0n) is 11.8. The monoisotopic (exact) mass is 256 g/mol. The summed E-state index contributed by atoms with van der Waals surface area (Å²) in [5.74, 6) is 2.20. The number of esters is 1. The molecule has 0 radical (unpaired) electrons. The third-order valence-electron chi connectivity index (χ3n) is 2.81. The highest BCUT2D eigenvalue weighted by molar-refractivity contribution is 5.89. The first kappa shape index (κ1) is 15.0. The number of allylic oxidation sites excluding steroid dienone is 2. The Hall–Kier alpha value is -2.01. The summed E-state index contributed by atoms with van der Waals surface area (Å²) < 4.78 is 5.45. The van der Waals surface area contributed by atoms with Gasteiger partial charge < -0.3 is 4.74 Å². The van der Waals surface area contributed by atoms with Gasteiger partial charge >= 0.3 is 5.97 Å². The Balaban J connectivity index is 2.68. The molecule has 2 nitrogen and oxygen atoms in total. The SMILES string of the molecule is C#CC(C)(CCC=C(C)C)OC(=O)c1ccccc1. The van der Waals surface area contributed by atoms with Crippen LogP contribution in [0.1, 0.15) is 44.0 Å². The van der Waals surface area contributed by atoms with Crippen LogP contribution in [0.4, 0.5) is 0 Å². The summed E-state index contributed by atoms with van der Waals surface area (Å²) in [5.41, 5.74) is 0.888. The highest BCUT2D eigenvalue weighted by atomic mass is 16.6. The molecule has 0 saturated heterocycles. The van der Waals surface area contributed by atoms with Crippen LogP contribution < -0.4 is 0 Å². The fraction of sp³-hybridized carbons (Fsp3) is 0.353. The number of benzene rings is 1. The van der Waals surface area contributed by atoms with Crippen molar-refractivity contribution in [2.75, 3.05) is 0 Å². The van der Waals surface area contributed by atoms with Crippen LogP contribution in [0, 0.1) is 12.3 Å². The number of ether oxygens (including phenoxy) is 1. The molecule has 2 heteroatoms. The lowest BCUT2D eigenvalue weighted by atomic mass is 10.00. The summed E-state index contributed by atoms with van der Waals surface area (Å²) in [7, 11) is 0. The first-order valence-electron chi connectivity index (χ1n) is 6.36. The van der Waals surface area contributed by atoms with Crippen LogP contribution in [-0.2, 0) is 4.74 Å². The lowest BCUT2D eigenvalue weighted by molar-refractivity contribution is 0.0119. The van der Waals surface area contributed by atoms with Crippen LogP contribution in [0.5, 0.6) is 0 Å². The van der Waals surface area contributed by atoms with Crippen molar-refractivity contribution in [2.24, 2.45) is 0 Å². The summed E-state index contributed by atoms with van der Waals surface area (Å²) in [6, 6.07) is 8.89. The molecule has 1 atom stereocenters. The van der Waals surface area contributed by atoms with Crippen molar-refractivity contribution < 1.29 is 9.53 Å². The predicted molar refractivity (Wildman–Crippen MR) is 77.8 cm³/mol. The number of rotatable bonds is 5. The molecule has 0 aliphatic carbocycles. The quantitative estimate of drug-likeness (QED) is 0.452. The van der Waals surface area contributed by atoms with Crippen LogP contribution in [0.25, 0.3) is 0 Å². The van der Waals surface area contributed by atoms with Gasteiger partial charge in [-0.2, -0.15) is 0 Å². The van der Waals surface area contributed by atoms with E-state index < -0.39 is 5.60 Å². The average molecular weight is 256 g/mol. The van der Waals surface area contributed by atoms with E-state index in [0.717, 1.165) is 6.42 Å². The van der Waals surface area contributed by atoms with Gasteiger partial charge in [-0.25, -0.2) is 4.79 Å². The van der Waals surface area contributed by atoms with Crippen LogP contribution in [0.15, 0.2) is 42.0 Å². The van der Waals surface area contributed by atoms with E-state index in [4.69, 9.17) is 11.2 Å². The molecule has 0 aliphatic heterocycles. The van der Waals surface area contributed by atoms with E-state index in [0.29, 0.717) is 12.0 Å². The van der Waals surface area contributed by atoms with Gasteiger partial charge in [0, 0.05) is 6.42 Å². The van der Waals surface area contributed by atoms with Gasteiger partial charge in [0.1, 0.15) is 0 Å². The summed E-state index contributed by atoms with van der Waals surface area (Å²) in [5, 5.41) is 0. The van der Waals surface area contributed by atoms with Crippen LogP contribution in [0.3, 0.4) is 0 Å². The van der Waals surface area contributed by atoms with E-state index in [-0.39, 0.29) is 5.97 Å². The zero-order chi connectivity index (χ0) is 14.3. The van der Waals surface area contributed by atoms with Gasteiger partial charge in [-0.15, -0.1) is 6.42 Å². The summed E-state index contributed by atoms with van der Waals surface area (Å²) in [6.07, 6.45) is 9.01. The topological polar surface area (TPSA) is 26.3 Å². The minimum atomic E-state index is -0.862. The molecule has 0 bridgehead atoms. The molecule has 0 spiro atoms. The Kier molecular flexibility index (Phi) is 5.38.